The van der Waals surface area contributed by atoms with Crippen molar-refractivity contribution >= 4 is 23.6 Å². The van der Waals surface area contributed by atoms with Crippen LogP contribution >= 0.6 is 0 Å². The summed E-state index contributed by atoms with van der Waals surface area (Å²) < 4.78 is 6.57. The molecule has 0 atom stereocenters. The van der Waals surface area contributed by atoms with E-state index in [2.05, 4.69) is 10.4 Å². The summed E-state index contributed by atoms with van der Waals surface area (Å²) in [7, 11) is 1.80. The molecule has 1 N–H and O–H groups in total. The summed E-state index contributed by atoms with van der Waals surface area (Å²) in [6, 6.07) is 6.61. The van der Waals surface area contributed by atoms with E-state index in [9.17, 15) is 9.59 Å². The van der Waals surface area contributed by atoms with Crippen LogP contribution in [0.3, 0.4) is 0 Å². The van der Waals surface area contributed by atoms with Crippen LogP contribution < -0.4 is 5.32 Å². The van der Waals surface area contributed by atoms with Gasteiger partial charge in [0.2, 0.25) is 5.91 Å². The van der Waals surface area contributed by atoms with Gasteiger partial charge in [-0.2, -0.15) is 5.10 Å². The third-order valence-corrected chi connectivity index (χ3v) is 2.79. The molecule has 0 saturated heterocycles. The van der Waals surface area contributed by atoms with Gasteiger partial charge in [0.05, 0.1) is 18.4 Å². The van der Waals surface area contributed by atoms with Crippen molar-refractivity contribution < 1.29 is 14.3 Å². The van der Waals surface area contributed by atoms with Gasteiger partial charge in [0, 0.05) is 30.6 Å². The first-order valence-electron chi connectivity index (χ1n) is 6.83. The summed E-state index contributed by atoms with van der Waals surface area (Å²) in [5.74, 6) is -0.700. The Morgan fingerprint density at radius 2 is 2.23 bits per heavy atom. The molecular weight excluding hydrogens is 282 g/mol. The highest BCUT2D eigenvalue weighted by Gasteiger charge is 2.07. The molecule has 0 radical (unpaired) electrons. The van der Waals surface area contributed by atoms with Crippen molar-refractivity contribution in [3.05, 3.63) is 53.9 Å². The van der Waals surface area contributed by atoms with Crippen molar-refractivity contribution in [2.24, 2.45) is 7.05 Å². The van der Waals surface area contributed by atoms with Gasteiger partial charge >= 0.3 is 5.97 Å². The summed E-state index contributed by atoms with van der Waals surface area (Å²) in [5.41, 5.74) is 1.76. The van der Waals surface area contributed by atoms with Crippen molar-refractivity contribution in [1.29, 1.82) is 0 Å². The average Bonchev–Trinajstić information content (AvgIpc) is 2.91. The molecule has 0 saturated carbocycles. The number of anilines is 1. The fourth-order valence-corrected chi connectivity index (χ4v) is 1.82. The zero-order valence-corrected chi connectivity index (χ0v) is 12.4. The molecule has 0 bridgehead atoms. The molecule has 0 spiro atoms. The number of ether oxygens (including phenoxy) is 1. The summed E-state index contributed by atoms with van der Waals surface area (Å²) in [6.45, 7) is 2.05. The molecule has 1 heterocycles. The van der Waals surface area contributed by atoms with Crippen LogP contribution in [0.15, 0.2) is 42.7 Å². The smallest absolute Gasteiger partial charge is 0.338 e. The monoisotopic (exact) mass is 299 g/mol. The maximum absolute atomic E-state index is 11.9. The maximum Gasteiger partial charge on any atom is 0.338 e. The van der Waals surface area contributed by atoms with E-state index in [0.29, 0.717) is 17.9 Å². The first-order valence-corrected chi connectivity index (χ1v) is 6.83. The minimum Gasteiger partial charge on any atom is -0.462 e. The van der Waals surface area contributed by atoms with Crippen LogP contribution in [-0.2, 0) is 16.6 Å². The standard InChI is InChI=1S/C16H17N3O3/c1-3-22-16(21)13-5-4-6-14(9-13)18-15(20)8-7-12-10-17-19(2)11-12/h4-11H,3H2,1-2H3,(H,18,20). The molecule has 6 heteroatoms. The molecule has 0 fully saturated rings. The third kappa shape index (κ3) is 4.31. The lowest BCUT2D eigenvalue weighted by Gasteiger charge is -2.05. The van der Waals surface area contributed by atoms with E-state index >= 15 is 0 Å². The number of nitrogens with one attached hydrogen (secondary N) is 1. The highest BCUT2D eigenvalue weighted by Crippen LogP contribution is 2.12. The molecule has 0 aliphatic rings. The second-order valence-electron chi connectivity index (χ2n) is 4.57. The Bertz CT molecular complexity index is 704. The van der Waals surface area contributed by atoms with E-state index in [1.165, 1.54) is 6.08 Å². The molecule has 0 unspecified atom stereocenters. The van der Waals surface area contributed by atoms with Gasteiger partial charge in [0.25, 0.3) is 0 Å². The number of carbonyl (C=O) groups is 2. The van der Waals surface area contributed by atoms with Gasteiger partial charge in [-0.3, -0.25) is 9.48 Å². The van der Waals surface area contributed by atoms with E-state index in [-0.39, 0.29) is 5.91 Å². The second-order valence-corrected chi connectivity index (χ2v) is 4.57. The number of benzene rings is 1. The summed E-state index contributed by atoms with van der Waals surface area (Å²) in [5, 5.41) is 6.70. The Hall–Kier alpha value is -2.89. The van der Waals surface area contributed by atoms with Crippen molar-refractivity contribution in [2.75, 3.05) is 11.9 Å². The van der Waals surface area contributed by atoms with Gasteiger partial charge in [-0.1, -0.05) is 6.07 Å². The fraction of sp³-hybridized carbons (Fsp3) is 0.188. The van der Waals surface area contributed by atoms with Crippen molar-refractivity contribution in [2.45, 2.75) is 6.92 Å². The van der Waals surface area contributed by atoms with E-state index in [4.69, 9.17) is 4.74 Å². The molecular formula is C16H17N3O3. The lowest BCUT2D eigenvalue weighted by molar-refractivity contribution is -0.111. The van der Waals surface area contributed by atoms with Crippen LogP contribution in [0.5, 0.6) is 0 Å². The molecule has 1 aromatic heterocycles. The van der Waals surface area contributed by atoms with Crippen LogP contribution in [-0.4, -0.2) is 28.3 Å². The second kappa shape index (κ2) is 7.21. The zero-order chi connectivity index (χ0) is 15.9. The van der Waals surface area contributed by atoms with Crippen LogP contribution in [0.2, 0.25) is 0 Å². The van der Waals surface area contributed by atoms with E-state index in [1.807, 2.05) is 0 Å². The fourth-order valence-electron chi connectivity index (χ4n) is 1.82. The normalized spacial score (nSPS) is 10.6. The number of carbonyl (C=O) groups excluding carboxylic acids is 2. The predicted octanol–water partition coefficient (Wildman–Crippen LogP) is 2.25. The van der Waals surface area contributed by atoms with Crippen LogP contribution in [0.1, 0.15) is 22.8 Å². The molecule has 0 aliphatic carbocycles. The molecule has 1 amide bonds. The van der Waals surface area contributed by atoms with E-state index in [0.717, 1.165) is 5.56 Å². The third-order valence-electron chi connectivity index (χ3n) is 2.79. The Morgan fingerprint density at radius 3 is 2.91 bits per heavy atom. The number of hydrogen-bond donors (Lipinski definition) is 1. The van der Waals surface area contributed by atoms with E-state index in [1.54, 1.807) is 61.4 Å². The van der Waals surface area contributed by atoms with Gasteiger partial charge in [0.15, 0.2) is 0 Å². The lowest BCUT2D eigenvalue weighted by atomic mass is 10.2. The molecule has 114 valence electrons. The topological polar surface area (TPSA) is 73.2 Å². The molecule has 0 aliphatic heterocycles. The van der Waals surface area contributed by atoms with Gasteiger partial charge in [-0.15, -0.1) is 0 Å². The Labute approximate surface area is 128 Å². The Morgan fingerprint density at radius 1 is 1.41 bits per heavy atom. The first kappa shape index (κ1) is 15.5. The first-order chi connectivity index (χ1) is 10.6. The SMILES string of the molecule is CCOC(=O)c1cccc(NC(=O)C=Cc2cnn(C)c2)c1. The van der Waals surface area contributed by atoms with Gasteiger partial charge in [-0.25, -0.2) is 4.79 Å². The molecule has 2 aromatic rings. The summed E-state index contributed by atoms with van der Waals surface area (Å²) in [6.07, 6.45) is 6.53. The van der Waals surface area contributed by atoms with Crippen molar-refractivity contribution in [1.82, 2.24) is 9.78 Å². The molecule has 22 heavy (non-hydrogen) atoms. The lowest BCUT2D eigenvalue weighted by Crippen LogP contribution is -2.09. The minimum absolute atomic E-state index is 0.287. The van der Waals surface area contributed by atoms with Crippen LogP contribution in [0, 0.1) is 0 Å². The zero-order valence-electron chi connectivity index (χ0n) is 12.4. The Balaban J connectivity index is 2.01. The van der Waals surface area contributed by atoms with Gasteiger partial charge in [-0.05, 0) is 31.2 Å². The van der Waals surface area contributed by atoms with Crippen LogP contribution in [0.25, 0.3) is 6.08 Å². The quantitative estimate of drug-likeness (QED) is 0.679. The number of aromatic nitrogens is 2. The van der Waals surface area contributed by atoms with Gasteiger partial charge < -0.3 is 10.1 Å². The van der Waals surface area contributed by atoms with Crippen molar-refractivity contribution in [3.8, 4) is 0 Å². The number of nitrogens with zero attached hydrogens (tertiary/aromatic N) is 2. The Kier molecular flexibility index (Phi) is 5.08. The summed E-state index contributed by atoms with van der Waals surface area (Å²) >= 11 is 0. The van der Waals surface area contributed by atoms with Gasteiger partial charge in [0.1, 0.15) is 0 Å². The number of aryl methyl sites for hydroxylation is 1. The predicted molar refractivity (Wildman–Crippen MR) is 83.3 cm³/mol. The molecule has 1 aromatic carbocycles. The summed E-state index contributed by atoms with van der Waals surface area (Å²) in [4.78, 5) is 23.5. The number of rotatable bonds is 5. The molecule has 6 nitrogen and oxygen atoms in total. The average molecular weight is 299 g/mol. The number of amides is 1. The van der Waals surface area contributed by atoms with Crippen LogP contribution in [0.4, 0.5) is 5.69 Å². The number of hydrogen-bond acceptors (Lipinski definition) is 4. The van der Waals surface area contributed by atoms with E-state index < -0.39 is 5.97 Å². The number of esters is 1. The minimum atomic E-state index is -0.412. The largest absolute Gasteiger partial charge is 0.462 e. The highest BCUT2D eigenvalue weighted by molar-refractivity contribution is 6.02. The van der Waals surface area contributed by atoms with Crippen molar-refractivity contribution in [3.63, 3.8) is 0 Å². The molecule has 2 rings (SSSR count). The maximum atomic E-state index is 11.9. The highest BCUT2D eigenvalue weighted by atomic mass is 16.5.